The van der Waals surface area contributed by atoms with Crippen molar-refractivity contribution in [2.75, 3.05) is 0 Å². The summed E-state index contributed by atoms with van der Waals surface area (Å²) >= 11 is 0. The minimum absolute atomic E-state index is 0.646. The van der Waals surface area contributed by atoms with E-state index >= 15 is 0 Å². The van der Waals surface area contributed by atoms with Crippen molar-refractivity contribution in [3.8, 4) is 45.5 Å². The summed E-state index contributed by atoms with van der Waals surface area (Å²) in [6.45, 7) is 0. The molecule has 0 spiro atoms. The quantitative estimate of drug-likeness (QED) is 0.188. The third-order valence-electron chi connectivity index (χ3n) is 9.85. The minimum atomic E-state index is 0.646. The molecule has 5 nitrogen and oxygen atoms in total. The fourth-order valence-corrected chi connectivity index (χ4v) is 7.54. The number of nitrogens with zero attached hydrogens (tertiary/aromatic N) is 5. The normalized spacial score (nSPS) is 12.6. The van der Waals surface area contributed by atoms with Gasteiger partial charge in [-0.3, -0.25) is 0 Å². The molecule has 3 heterocycles. The molecular weight excluding hydrogens is 611 g/mol. The van der Waals surface area contributed by atoms with Gasteiger partial charge >= 0.3 is 0 Å². The Balaban J connectivity index is 1.10. The summed E-state index contributed by atoms with van der Waals surface area (Å²) in [5.41, 5.74) is 11.4. The van der Waals surface area contributed by atoms with Gasteiger partial charge in [-0.15, -0.1) is 0 Å². The molecule has 6 aromatic carbocycles. The van der Waals surface area contributed by atoms with E-state index in [0.29, 0.717) is 17.5 Å². The van der Waals surface area contributed by atoms with Gasteiger partial charge in [0.25, 0.3) is 0 Å². The fraction of sp³-hybridized carbons (Fsp3) is 0.0444. The van der Waals surface area contributed by atoms with Crippen LogP contribution in [0.25, 0.3) is 84.3 Å². The van der Waals surface area contributed by atoms with Crippen molar-refractivity contribution in [1.82, 2.24) is 24.1 Å². The lowest BCUT2D eigenvalue weighted by molar-refractivity contribution is 0.968. The highest BCUT2D eigenvalue weighted by Gasteiger charge is 2.20. The molecule has 3 aromatic heterocycles. The van der Waals surface area contributed by atoms with Gasteiger partial charge in [-0.1, -0.05) is 103 Å². The predicted molar refractivity (Wildman–Crippen MR) is 205 cm³/mol. The molecule has 5 heteroatoms. The maximum Gasteiger partial charge on any atom is 0.164 e. The van der Waals surface area contributed by atoms with Crippen LogP contribution in [-0.4, -0.2) is 24.1 Å². The average molecular weight is 642 g/mol. The van der Waals surface area contributed by atoms with Crippen LogP contribution in [0.1, 0.15) is 17.7 Å². The van der Waals surface area contributed by atoms with Crippen LogP contribution in [0.2, 0.25) is 0 Å². The van der Waals surface area contributed by atoms with Gasteiger partial charge in [0.1, 0.15) is 0 Å². The van der Waals surface area contributed by atoms with E-state index < -0.39 is 0 Å². The second kappa shape index (κ2) is 11.5. The highest BCUT2D eigenvalue weighted by molar-refractivity contribution is 6.10. The molecule has 50 heavy (non-hydrogen) atoms. The number of rotatable bonds is 5. The van der Waals surface area contributed by atoms with Crippen molar-refractivity contribution < 1.29 is 0 Å². The van der Waals surface area contributed by atoms with Crippen LogP contribution in [0.5, 0.6) is 0 Å². The van der Waals surface area contributed by atoms with Gasteiger partial charge in [-0.2, -0.15) is 0 Å². The first kappa shape index (κ1) is 28.4. The highest BCUT2D eigenvalue weighted by atomic mass is 15.0. The van der Waals surface area contributed by atoms with E-state index in [1.165, 1.54) is 49.7 Å². The molecule has 0 radical (unpaired) electrons. The molecule has 236 valence electrons. The zero-order valence-corrected chi connectivity index (χ0v) is 27.2. The summed E-state index contributed by atoms with van der Waals surface area (Å²) in [6.07, 6.45) is 6.75. The van der Waals surface area contributed by atoms with Crippen molar-refractivity contribution in [1.29, 1.82) is 0 Å². The van der Waals surface area contributed by atoms with Gasteiger partial charge in [-0.05, 0) is 79.1 Å². The van der Waals surface area contributed by atoms with Crippen LogP contribution in [-0.2, 0) is 6.42 Å². The number of aromatic nitrogens is 5. The molecule has 0 atom stereocenters. The summed E-state index contributed by atoms with van der Waals surface area (Å²) in [4.78, 5) is 14.7. The Morgan fingerprint density at radius 1 is 0.420 bits per heavy atom. The van der Waals surface area contributed by atoms with E-state index in [1.807, 2.05) is 60.7 Å². The van der Waals surface area contributed by atoms with Crippen LogP contribution in [0.15, 0.2) is 158 Å². The molecule has 0 aliphatic heterocycles. The van der Waals surface area contributed by atoms with Crippen LogP contribution in [0, 0.1) is 0 Å². The zero-order chi connectivity index (χ0) is 33.0. The molecule has 0 saturated heterocycles. The van der Waals surface area contributed by atoms with E-state index in [2.05, 4.69) is 112 Å². The number of hydrogen-bond donors (Lipinski definition) is 0. The molecule has 0 amide bonds. The number of aryl methyl sites for hydroxylation is 1. The van der Waals surface area contributed by atoms with E-state index in [1.54, 1.807) is 0 Å². The first-order chi connectivity index (χ1) is 24.8. The van der Waals surface area contributed by atoms with Crippen molar-refractivity contribution in [3.05, 3.63) is 169 Å². The summed E-state index contributed by atoms with van der Waals surface area (Å²) < 4.78 is 4.79. The van der Waals surface area contributed by atoms with Crippen LogP contribution in [0.4, 0.5) is 0 Å². The monoisotopic (exact) mass is 641 g/mol. The molecule has 0 N–H and O–H groups in total. The molecule has 9 aromatic rings. The van der Waals surface area contributed by atoms with Crippen LogP contribution >= 0.6 is 0 Å². The molecule has 1 aliphatic carbocycles. The summed E-state index contributed by atoms with van der Waals surface area (Å²) in [5, 5.41) is 3.80. The average Bonchev–Trinajstić information content (AvgIpc) is 3.71. The second-order valence-electron chi connectivity index (χ2n) is 12.8. The Morgan fingerprint density at radius 2 is 0.940 bits per heavy atom. The van der Waals surface area contributed by atoms with Gasteiger partial charge < -0.3 is 9.13 Å². The second-order valence-corrected chi connectivity index (χ2v) is 12.8. The highest BCUT2D eigenvalue weighted by Crippen LogP contribution is 2.38. The maximum atomic E-state index is 4.94. The number of fused-ring (bicyclic) bond motifs is 6. The van der Waals surface area contributed by atoms with Gasteiger partial charge in [-0.25, -0.2) is 15.0 Å². The molecule has 0 bridgehead atoms. The van der Waals surface area contributed by atoms with E-state index in [0.717, 1.165) is 35.2 Å². The third-order valence-corrected chi connectivity index (χ3v) is 9.85. The fourth-order valence-electron chi connectivity index (χ4n) is 7.54. The minimum Gasteiger partial charge on any atom is -0.310 e. The first-order valence-corrected chi connectivity index (χ1v) is 17.1. The van der Waals surface area contributed by atoms with Crippen molar-refractivity contribution in [2.45, 2.75) is 12.8 Å². The molecule has 0 saturated carbocycles. The standard InChI is InChI=1S/C45H31N5/c1-3-13-30(14-4-1)43-46-44(31-15-5-2-6-16-31)48-45(47-43)32-23-25-33(26-24-32)49-41-22-12-9-19-37(41)38-29-34(27-28-42(38)49)50-39-20-10-7-17-35(39)36-18-8-11-21-40(36)50/h1-7,9-17,19-29H,8,18H2. The van der Waals surface area contributed by atoms with Crippen molar-refractivity contribution in [2.24, 2.45) is 0 Å². The van der Waals surface area contributed by atoms with E-state index in [9.17, 15) is 0 Å². The van der Waals surface area contributed by atoms with E-state index in [-0.39, 0.29) is 0 Å². The Morgan fingerprint density at radius 3 is 1.60 bits per heavy atom. The topological polar surface area (TPSA) is 48.5 Å². The number of allylic oxidation sites excluding steroid dienone is 1. The van der Waals surface area contributed by atoms with Gasteiger partial charge in [0, 0.05) is 49.9 Å². The molecule has 0 unspecified atom stereocenters. The van der Waals surface area contributed by atoms with Gasteiger partial charge in [0.15, 0.2) is 17.5 Å². The molecule has 0 fully saturated rings. The lowest BCUT2D eigenvalue weighted by atomic mass is 10.0. The van der Waals surface area contributed by atoms with Crippen LogP contribution < -0.4 is 0 Å². The number of hydrogen-bond acceptors (Lipinski definition) is 3. The molecular formula is C45H31N5. The largest absolute Gasteiger partial charge is 0.310 e. The van der Waals surface area contributed by atoms with E-state index in [4.69, 9.17) is 15.0 Å². The summed E-state index contributed by atoms with van der Waals surface area (Å²) in [7, 11) is 0. The maximum absolute atomic E-state index is 4.94. The van der Waals surface area contributed by atoms with Gasteiger partial charge in [0.2, 0.25) is 0 Å². The molecule has 10 rings (SSSR count). The summed E-state index contributed by atoms with van der Waals surface area (Å²) in [5.74, 6) is 1.96. The lowest BCUT2D eigenvalue weighted by Gasteiger charge is -2.13. The van der Waals surface area contributed by atoms with Gasteiger partial charge in [0.05, 0.1) is 16.6 Å². The molecule has 1 aliphatic rings. The SMILES string of the molecule is C1=Cc2c(c3ccccc3n2-c2ccc3c(c2)c2ccccc2n3-c2ccc(-c3nc(-c4ccccc4)nc(-c4ccccc4)n3)cc2)CC1. The zero-order valence-electron chi connectivity index (χ0n) is 27.2. The number of benzene rings is 6. The smallest absolute Gasteiger partial charge is 0.164 e. The predicted octanol–water partition coefficient (Wildman–Crippen LogP) is 10.9. The van der Waals surface area contributed by atoms with Crippen molar-refractivity contribution >= 4 is 38.8 Å². The van der Waals surface area contributed by atoms with Crippen molar-refractivity contribution in [3.63, 3.8) is 0 Å². The lowest BCUT2D eigenvalue weighted by Crippen LogP contribution is -2.01. The number of para-hydroxylation sites is 2. The Kier molecular flexibility index (Phi) is 6.56. The Bertz CT molecular complexity index is 2680. The first-order valence-electron chi connectivity index (χ1n) is 17.1. The summed E-state index contributed by atoms with van der Waals surface area (Å²) in [6, 6.07) is 53.2. The Labute approximate surface area is 289 Å². The van der Waals surface area contributed by atoms with Crippen LogP contribution in [0.3, 0.4) is 0 Å². The third kappa shape index (κ3) is 4.59. The Hall–Kier alpha value is -6.59.